The highest BCUT2D eigenvalue weighted by Crippen LogP contribution is 2.45. The van der Waals surface area contributed by atoms with Gasteiger partial charge in [0.25, 0.3) is 11.8 Å². The second-order valence-electron chi connectivity index (χ2n) is 6.30. The smallest absolute Gasteiger partial charge is 0.278 e. The number of carbonyl (C=O) groups is 2. The van der Waals surface area contributed by atoms with Crippen LogP contribution >= 0.6 is 0 Å². The number of para-hydroxylation sites is 1. The number of ether oxygens (including phenoxy) is 2. The first-order valence-corrected chi connectivity index (χ1v) is 8.44. The monoisotopic (exact) mass is 365 g/mol. The maximum atomic E-state index is 13.3. The summed E-state index contributed by atoms with van der Waals surface area (Å²) in [5, 5.41) is 6.09. The molecule has 0 fully saturated rings. The summed E-state index contributed by atoms with van der Waals surface area (Å²) in [5.74, 6) is 0.275. The van der Waals surface area contributed by atoms with Gasteiger partial charge in [-0.05, 0) is 12.1 Å². The Balaban J connectivity index is 1.88. The maximum Gasteiger partial charge on any atom is 0.278 e. The summed E-state index contributed by atoms with van der Waals surface area (Å²) in [5.41, 5.74) is 0.930. The van der Waals surface area contributed by atoms with Gasteiger partial charge in [0.05, 0.1) is 31.2 Å². The summed E-state index contributed by atoms with van der Waals surface area (Å²) in [4.78, 5) is 27.8. The molecule has 0 aliphatic carbocycles. The lowest BCUT2D eigenvalue weighted by Gasteiger charge is -2.36. The molecule has 2 aliphatic heterocycles. The molecule has 27 heavy (non-hydrogen) atoms. The predicted octanol–water partition coefficient (Wildman–Crippen LogP) is 2.24. The van der Waals surface area contributed by atoms with Gasteiger partial charge in [0, 0.05) is 18.2 Å². The first-order valence-electron chi connectivity index (χ1n) is 8.44. The minimum Gasteiger partial charge on any atom is -0.493 e. The Morgan fingerprint density at radius 1 is 1.11 bits per heavy atom. The molecule has 2 amide bonds. The number of nitrogens with zero attached hydrogens (tertiary/aromatic N) is 1. The molecule has 2 aromatic rings. The lowest BCUT2D eigenvalue weighted by atomic mass is 9.95. The number of hydrogen-bond donors (Lipinski definition) is 2. The number of anilines is 2. The fourth-order valence-electron chi connectivity index (χ4n) is 3.65. The molecule has 2 aliphatic rings. The van der Waals surface area contributed by atoms with Crippen molar-refractivity contribution in [3.63, 3.8) is 0 Å². The molecule has 7 heteroatoms. The van der Waals surface area contributed by atoms with E-state index in [9.17, 15) is 9.59 Å². The number of fused-ring (bicyclic) bond motifs is 3. The molecule has 2 N–H and O–H groups in total. The topological polar surface area (TPSA) is 79.9 Å². The zero-order valence-corrected chi connectivity index (χ0v) is 15.0. The molecule has 2 aromatic carbocycles. The number of amides is 2. The third kappa shape index (κ3) is 2.28. The molecule has 1 spiro atoms. The standard InChI is InChI=1S/C20H19N3O4/c1-4-9-23-15-8-6-5-7-13(15)20(19(23)25)21-14-11-17(27-3)16(26-2)10-12(14)18(24)22-20/h4-8,10-11,21H,1,9H2,2-3H3,(H,22,24). The van der Waals surface area contributed by atoms with Crippen molar-refractivity contribution in [3.05, 3.63) is 60.2 Å². The first kappa shape index (κ1) is 17.0. The Morgan fingerprint density at radius 2 is 1.81 bits per heavy atom. The van der Waals surface area contributed by atoms with Crippen LogP contribution in [0.2, 0.25) is 0 Å². The molecule has 0 saturated carbocycles. The summed E-state index contributed by atoms with van der Waals surface area (Å²) in [6, 6.07) is 10.6. The van der Waals surface area contributed by atoms with Gasteiger partial charge in [0.15, 0.2) is 11.5 Å². The van der Waals surface area contributed by atoms with Gasteiger partial charge < -0.3 is 25.0 Å². The van der Waals surface area contributed by atoms with Crippen LogP contribution in [0.1, 0.15) is 15.9 Å². The van der Waals surface area contributed by atoms with E-state index in [-0.39, 0.29) is 11.8 Å². The van der Waals surface area contributed by atoms with Crippen LogP contribution in [0.3, 0.4) is 0 Å². The van der Waals surface area contributed by atoms with Crippen LogP contribution < -0.4 is 25.0 Å². The fraction of sp³-hybridized carbons (Fsp3) is 0.200. The Hall–Kier alpha value is -3.48. The largest absolute Gasteiger partial charge is 0.493 e. The van der Waals surface area contributed by atoms with E-state index in [0.717, 1.165) is 5.69 Å². The Morgan fingerprint density at radius 3 is 2.52 bits per heavy atom. The van der Waals surface area contributed by atoms with E-state index >= 15 is 0 Å². The molecule has 138 valence electrons. The van der Waals surface area contributed by atoms with E-state index in [4.69, 9.17) is 9.47 Å². The molecular formula is C20H19N3O4. The molecule has 0 saturated heterocycles. The van der Waals surface area contributed by atoms with E-state index in [1.807, 2.05) is 24.3 Å². The van der Waals surface area contributed by atoms with Gasteiger partial charge in [0.2, 0.25) is 5.66 Å². The van der Waals surface area contributed by atoms with Crippen LogP contribution in [0.5, 0.6) is 11.5 Å². The van der Waals surface area contributed by atoms with Gasteiger partial charge in [-0.3, -0.25) is 9.59 Å². The molecule has 2 heterocycles. The molecule has 0 bridgehead atoms. The lowest BCUT2D eigenvalue weighted by Crippen LogP contribution is -2.60. The lowest BCUT2D eigenvalue weighted by molar-refractivity contribution is -0.123. The number of carbonyl (C=O) groups excluding carboxylic acids is 2. The van der Waals surface area contributed by atoms with Crippen LogP contribution in [-0.2, 0) is 10.5 Å². The number of hydrogen-bond acceptors (Lipinski definition) is 5. The molecule has 4 rings (SSSR count). The fourth-order valence-corrected chi connectivity index (χ4v) is 3.65. The summed E-state index contributed by atoms with van der Waals surface area (Å²) in [7, 11) is 3.02. The predicted molar refractivity (Wildman–Crippen MR) is 101 cm³/mol. The van der Waals surface area contributed by atoms with E-state index in [1.54, 1.807) is 23.1 Å². The zero-order chi connectivity index (χ0) is 19.2. The van der Waals surface area contributed by atoms with Gasteiger partial charge >= 0.3 is 0 Å². The Bertz CT molecular complexity index is 972. The zero-order valence-electron chi connectivity index (χ0n) is 15.0. The highest BCUT2D eigenvalue weighted by Gasteiger charge is 2.54. The van der Waals surface area contributed by atoms with Gasteiger partial charge in [0.1, 0.15) is 0 Å². The first-order chi connectivity index (χ1) is 13.1. The Labute approximate surface area is 156 Å². The van der Waals surface area contributed by atoms with Crippen molar-refractivity contribution in [2.75, 3.05) is 31.0 Å². The average molecular weight is 365 g/mol. The highest BCUT2D eigenvalue weighted by atomic mass is 16.5. The molecule has 0 radical (unpaired) electrons. The van der Waals surface area contributed by atoms with Crippen molar-refractivity contribution in [1.82, 2.24) is 5.32 Å². The Kier molecular flexibility index (Phi) is 3.80. The van der Waals surface area contributed by atoms with E-state index in [0.29, 0.717) is 34.9 Å². The van der Waals surface area contributed by atoms with Gasteiger partial charge in [-0.15, -0.1) is 6.58 Å². The van der Waals surface area contributed by atoms with Crippen LogP contribution in [-0.4, -0.2) is 32.6 Å². The number of benzene rings is 2. The third-order valence-electron chi connectivity index (χ3n) is 4.87. The summed E-state index contributed by atoms with van der Waals surface area (Å²) in [6.45, 7) is 4.07. The van der Waals surface area contributed by atoms with Crippen molar-refractivity contribution in [2.24, 2.45) is 0 Å². The normalized spacial score (nSPS) is 19.9. The van der Waals surface area contributed by atoms with Crippen molar-refractivity contribution in [1.29, 1.82) is 0 Å². The molecule has 1 atom stereocenters. The second-order valence-corrected chi connectivity index (χ2v) is 6.30. The van der Waals surface area contributed by atoms with Gasteiger partial charge in [-0.2, -0.15) is 0 Å². The van der Waals surface area contributed by atoms with E-state index < -0.39 is 5.66 Å². The molecule has 1 unspecified atom stereocenters. The number of nitrogens with one attached hydrogen (secondary N) is 2. The molecule has 7 nitrogen and oxygen atoms in total. The van der Waals surface area contributed by atoms with E-state index in [2.05, 4.69) is 17.2 Å². The second kappa shape index (κ2) is 6.05. The van der Waals surface area contributed by atoms with Crippen molar-refractivity contribution in [2.45, 2.75) is 5.66 Å². The maximum absolute atomic E-state index is 13.3. The van der Waals surface area contributed by atoms with Crippen LogP contribution in [0.4, 0.5) is 11.4 Å². The average Bonchev–Trinajstić information content (AvgIpc) is 2.90. The number of methoxy groups -OCH3 is 2. The quantitative estimate of drug-likeness (QED) is 0.813. The van der Waals surface area contributed by atoms with Gasteiger partial charge in [-0.1, -0.05) is 24.3 Å². The third-order valence-corrected chi connectivity index (χ3v) is 4.87. The van der Waals surface area contributed by atoms with Crippen molar-refractivity contribution in [3.8, 4) is 11.5 Å². The highest BCUT2D eigenvalue weighted by molar-refractivity contribution is 6.15. The molecule has 0 aromatic heterocycles. The summed E-state index contributed by atoms with van der Waals surface area (Å²) >= 11 is 0. The summed E-state index contributed by atoms with van der Waals surface area (Å²) < 4.78 is 10.6. The van der Waals surface area contributed by atoms with E-state index in [1.165, 1.54) is 14.2 Å². The van der Waals surface area contributed by atoms with Crippen molar-refractivity contribution >= 4 is 23.2 Å². The van der Waals surface area contributed by atoms with Crippen molar-refractivity contribution < 1.29 is 19.1 Å². The van der Waals surface area contributed by atoms with Crippen LogP contribution in [0, 0.1) is 0 Å². The minimum absolute atomic E-state index is 0.266. The van der Waals surface area contributed by atoms with Crippen LogP contribution in [0.25, 0.3) is 0 Å². The van der Waals surface area contributed by atoms with Crippen LogP contribution in [0.15, 0.2) is 49.1 Å². The summed E-state index contributed by atoms with van der Waals surface area (Å²) in [6.07, 6.45) is 1.65. The SMILES string of the molecule is C=CCN1C(=O)C2(NC(=O)c3cc(OC)c(OC)cc3N2)c2ccccc21. The van der Waals surface area contributed by atoms with Gasteiger partial charge in [-0.25, -0.2) is 0 Å². The number of rotatable bonds is 4. The molecular weight excluding hydrogens is 346 g/mol. The minimum atomic E-state index is -1.37.